The first kappa shape index (κ1) is 19.1. The van der Waals surface area contributed by atoms with Crippen molar-refractivity contribution < 1.29 is 9.21 Å². The van der Waals surface area contributed by atoms with Crippen LogP contribution in [-0.4, -0.2) is 10.9 Å². The number of nitrogens with one attached hydrogen (secondary N) is 1. The zero-order valence-corrected chi connectivity index (χ0v) is 16.3. The number of hydrogen-bond donors (Lipinski definition) is 2. The summed E-state index contributed by atoms with van der Waals surface area (Å²) in [6.45, 7) is 0. The summed E-state index contributed by atoms with van der Waals surface area (Å²) in [7, 11) is 0. The minimum atomic E-state index is -0.579. The molecule has 2 heterocycles. The quantitative estimate of drug-likeness (QED) is 0.376. The number of nitriles is 1. The number of carbonyl (C=O) groups excluding carboxylic acids is 1. The Morgan fingerprint density at radius 2 is 1.97 bits per heavy atom. The molecule has 0 unspecified atom stereocenters. The first-order valence-electron chi connectivity index (χ1n) is 8.81. The van der Waals surface area contributed by atoms with Gasteiger partial charge in [-0.1, -0.05) is 30.3 Å². The molecule has 4 aromatic rings. The Morgan fingerprint density at radius 1 is 1.20 bits per heavy atom. The van der Waals surface area contributed by atoms with Crippen molar-refractivity contribution in [1.82, 2.24) is 4.98 Å². The van der Waals surface area contributed by atoms with Crippen LogP contribution < -0.4 is 16.7 Å². The van der Waals surface area contributed by atoms with Crippen LogP contribution in [0.5, 0.6) is 0 Å². The Labute approximate surface area is 174 Å². The second-order valence-corrected chi connectivity index (χ2v) is 7.11. The van der Waals surface area contributed by atoms with Gasteiger partial charge in [-0.3, -0.25) is 4.79 Å². The molecule has 0 aliphatic rings. The highest BCUT2D eigenvalue weighted by Gasteiger charge is 2.14. The molecule has 7 nitrogen and oxygen atoms in total. The molecule has 0 spiro atoms. The van der Waals surface area contributed by atoms with Crippen LogP contribution in [0.25, 0.3) is 27.8 Å². The molecule has 2 aromatic carbocycles. The Balaban J connectivity index is 1.67. The van der Waals surface area contributed by atoms with Crippen molar-refractivity contribution in [2.75, 3.05) is 5.32 Å². The van der Waals surface area contributed by atoms with Gasteiger partial charge in [-0.05, 0) is 24.3 Å². The van der Waals surface area contributed by atoms with Crippen LogP contribution in [0.15, 0.2) is 75.4 Å². The number of allylic oxidation sites excluding steroid dienone is 1. The zero-order valence-electron chi connectivity index (χ0n) is 15.5. The fraction of sp³-hybridized carbons (Fsp3) is 0. The third kappa shape index (κ3) is 3.70. The molecule has 0 saturated heterocycles. The average molecular weight is 414 g/mol. The Morgan fingerprint density at radius 3 is 2.77 bits per heavy atom. The van der Waals surface area contributed by atoms with E-state index in [4.69, 9.17) is 10.2 Å². The molecule has 0 fully saturated rings. The number of aromatic nitrogens is 1. The Bertz CT molecular complexity index is 1400. The summed E-state index contributed by atoms with van der Waals surface area (Å²) in [4.78, 5) is 28.3. The number of benzene rings is 2. The maximum atomic E-state index is 12.4. The van der Waals surface area contributed by atoms with E-state index in [9.17, 15) is 14.9 Å². The molecule has 146 valence electrons. The van der Waals surface area contributed by atoms with Crippen LogP contribution in [0.3, 0.4) is 0 Å². The van der Waals surface area contributed by atoms with E-state index in [0.717, 1.165) is 5.39 Å². The number of nitrogens with zero attached hydrogens (tertiary/aromatic N) is 2. The molecule has 0 aliphatic carbocycles. The minimum absolute atomic E-state index is 0.246. The highest BCUT2D eigenvalue weighted by molar-refractivity contribution is 7.11. The molecule has 0 bridgehead atoms. The smallest absolute Gasteiger partial charge is 0.345 e. The number of amides is 1. The first-order valence-corrected chi connectivity index (χ1v) is 9.69. The molecule has 0 aliphatic heterocycles. The molecule has 3 N–H and O–H groups in total. The first-order chi connectivity index (χ1) is 14.6. The van der Waals surface area contributed by atoms with E-state index in [1.807, 2.05) is 12.1 Å². The second-order valence-electron chi connectivity index (χ2n) is 6.25. The van der Waals surface area contributed by atoms with Gasteiger partial charge >= 0.3 is 5.63 Å². The van der Waals surface area contributed by atoms with E-state index in [1.165, 1.54) is 17.5 Å². The van der Waals surface area contributed by atoms with Crippen molar-refractivity contribution in [3.05, 3.63) is 87.2 Å². The van der Waals surface area contributed by atoms with Crippen LogP contribution in [0.1, 0.15) is 15.4 Å². The van der Waals surface area contributed by atoms with Crippen molar-refractivity contribution in [3.63, 3.8) is 0 Å². The van der Waals surface area contributed by atoms with Gasteiger partial charge in [-0.2, -0.15) is 5.26 Å². The lowest BCUT2D eigenvalue weighted by Crippen LogP contribution is -2.13. The minimum Gasteiger partial charge on any atom is -0.422 e. The van der Waals surface area contributed by atoms with Crippen molar-refractivity contribution in [3.8, 4) is 17.3 Å². The maximum absolute atomic E-state index is 12.4. The number of fused-ring (bicyclic) bond motifs is 1. The molecule has 0 saturated carbocycles. The third-order valence-electron chi connectivity index (χ3n) is 4.34. The molecular formula is C22H14N4O3S. The second kappa shape index (κ2) is 8.03. The van der Waals surface area contributed by atoms with E-state index in [-0.39, 0.29) is 5.57 Å². The highest BCUT2D eigenvalue weighted by Crippen LogP contribution is 2.26. The molecule has 2 aromatic heterocycles. The normalized spacial score (nSPS) is 11.2. The van der Waals surface area contributed by atoms with Crippen LogP contribution in [0, 0.1) is 11.3 Å². The molecule has 0 radical (unpaired) electrons. The lowest BCUT2D eigenvalue weighted by Gasteiger charge is -2.06. The number of primary amides is 1. The number of hydrogen-bond acceptors (Lipinski definition) is 7. The topological polar surface area (TPSA) is 122 Å². The molecule has 4 rings (SSSR count). The van der Waals surface area contributed by atoms with Gasteiger partial charge in [0.2, 0.25) is 0 Å². The van der Waals surface area contributed by atoms with Crippen LogP contribution >= 0.6 is 11.3 Å². The summed E-state index contributed by atoms with van der Waals surface area (Å²) < 4.78 is 5.36. The van der Waals surface area contributed by atoms with E-state index < -0.39 is 11.5 Å². The summed E-state index contributed by atoms with van der Waals surface area (Å²) in [6, 6.07) is 17.7. The van der Waals surface area contributed by atoms with Gasteiger partial charge in [0.15, 0.2) is 0 Å². The van der Waals surface area contributed by atoms with Crippen molar-refractivity contribution >= 4 is 39.5 Å². The van der Waals surface area contributed by atoms with Gasteiger partial charge < -0.3 is 15.5 Å². The average Bonchev–Trinajstić information content (AvgIpc) is 3.23. The van der Waals surface area contributed by atoms with Crippen molar-refractivity contribution in [2.24, 2.45) is 5.73 Å². The predicted molar refractivity (Wildman–Crippen MR) is 116 cm³/mol. The van der Waals surface area contributed by atoms with Crippen LogP contribution in [-0.2, 0) is 0 Å². The maximum Gasteiger partial charge on any atom is 0.345 e. The summed E-state index contributed by atoms with van der Waals surface area (Å²) >= 11 is 1.22. The predicted octanol–water partition coefficient (Wildman–Crippen LogP) is 3.99. The summed E-state index contributed by atoms with van der Waals surface area (Å²) in [5.41, 5.74) is 7.14. The van der Waals surface area contributed by atoms with Gasteiger partial charge in [0.1, 0.15) is 22.2 Å². The number of rotatable bonds is 5. The van der Waals surface area contributed by atoms with E-state index in [0.29, 0.717) is 33.1 Å². The van der Waals surface area contributed by atoms with Crippen LogP contribution in [0.2, 0.25) is 0 Å². The van der Waals surface area contributed by atoms with E-state index >= 15 is 0 Å². The zero-order chi connectivity index (χ0) is 21.1. The van der Waals surface area contributed by atoms with Gasteiger partial charge in [-0.15, -0.1) is 11.3 Å². The number of anilines is 1. The largest absolute Gasteiger partial charge is 0.422 e. The highest BCUT2D eigenvalue weighted by atomic mass is 32.1. The van der Waals surface area contributed by atoms with Crippen LogP contribution in [0.4, 0.5) is 5.69 Å². The lowest BCUT2D eigenvalue weighted by molar-refractivity contribution is 0.100. The van der Waals surface area contributed by atoms with Gasteiger partial charge in [0.05, 0.1) is 22.5 Å². The summed E-state index contributed by atoms with van der Waals surface area (Å²) in [5, 5.41) is 15.4. The summed E-state index contributed by atoms with van der Waals surface area (Å²) in [6.07, 6.45) is 1.45. The Kier molecular flexibility index (Phi) is 5.11. The van der Waals surface area contributed by atoms with Crippen molar-refractivity contribution in [2.45, 2.75) is 0 Å². The third-order valence-corrected chi connectivity index (χ3v) is 5.21. The Hall–Kier alpha value is -4.22. The van der Waals surface area contributed by atoms with Crippen molar-refractivity contribution in [1.29, 1.82) is 5.26 Å². The number of carbonyl (C=O) groups is 1. The number of thiazole rings is 1. The van der Waals surface area contributed by atoms with Gasteiger partial charge in [0, 0.05) is 17.0 Å². The lowest BCUT2D eigenvalue weighted by atomic mass is 10.1. The fourth-order valence-corrected chi connectivity index (χ4v) is 3.66. The number of para-hydroxylation sites is 2. The standard InChI is InChI=1S/C22H14N4O3S/c23-10-14(11-25-17-7-3-2-6-15(17)20(24)27)21-26-18(12-30-21)16-9-13-5-1-4-8-19(13)29-22(16)28/h1-9,11-12,25H,(H2,24,27)/b14-11+. The van der Waals surface area contributed by atoms with Gasteiger partial charge in [-0.25, -0.2) is 9.78 Å². The molecule has 8 heteroatoms. The molecule has 1 amide bonds. The molecule has 30 heavy (non-hydrogen) atoms. The molecular weight excluding hydrogens is 400 g/mol. The monoisotopic (exact) mass is 414 g/mol. The van der Waals surface area contributed by atoms with Gasteiger partial charge in [0.25, 0.3) is 5.91 Å². The number of nitrogens with two attached hydrogens (primary N) is 1. The van der Waals surface area contributed by atoms with E-state index in [2.05, 4.69) is 16.4 Å². The summed E-state index contributed by atoms with van der Waals surface area (Å²) in [5.74, 6) is -0.579. The SMILES string of the molecule is N#C/C(=C\Nc1ccccc1C(N)=O)c1nc(-c2cc3ccccc3oc2=O)cs1. The fourth-order valence-electron chi connectivity index (χ4n) is 2.88. The van der Waals surface area contributed by atoms with E-state index in [1.54, 1.807) is 47.8 Å². The molecule has 0 atom stereocenters.